The van der Waals surface area contributed by atoms with Gasteiger partial charge in [0.25, 0.3) is 0 Å². The fourth-order valence-electron chi connectivity index (χ4n) is 2.24. The number of hydrogen-bond donors (Lipinski definition) is 2. The highest BCUT2D eigenvalue weighted by molar-refractivity contribution is 14.0. The number of rotatable bonds is 6. The number of nitrogens with one attached hydrogen (secondary N) is 2. The molecule has 0 aliphatic carbocycles. The molecule has 0 radical (unpaired) electrons. The van der Waals surface area contributed by atoms with Crippen molar-refractivity contribution in [1.82, 2.24) is 10.6 Å². The van der Waals surface area contributed by atoms with Crippen LogP contribution in [0.5, 0.6) is 0 Å². The topological polar surface area (TPSA) is 70.6 Å². The van der Waals surface area contributed by atoms with Crippen molar-refractivity contribution in [3.63, 3.8) is 0 Å². The lowest BCUT2D eigenvalue weighted by atomic mass is 10.1. The maximum absolute atomic E-state index is 11.3. The summed E-state index contributed by atoms with van der Waals surface area (Å²) in [6.45, 7) is 1.32. The molecule has 0 amide bonds. The van der Waals surface area contributed by atoms with Gasteiger partial charge in [0.15, 0.2) is 15.8 Å². The van der Waals surface area contributed by atoms with Crippen LogP contribution in [0.2, 0.25) is 0 Å². The summed E-state index contributed by atoms with van der Waals surface area (Å²) in [4.78, 5) is 4.20. The molecular weight excluding hydrogens is 449 g/mol. The number of halogens is 1. The van der Waals surface area contributed by atoms with E-state index in [1.165, 1.54) is 11.8 Å². The van der Waals surface area contributed by atoms with Gasteiger partial charge in [-0.15, -0.1) is 24.0 Å². The van der Waals surface area contributed by atoms with E-state index in [4.69, 9.17) is 0 Å². The Morgan fingerprint density at radius 2 is 1.36 bits per heavy atom. The van der Waals surface area contributed by atoms with E-state index in [0.717, 1.165) is 17.1 Å². The average Bonchev–Trinajstić information content (AvgIpc) is 2.56. The van der Waals surface area contributed by atoms with Crippen LogP contribution < -0.4 is 10.6 Å². The average molecular weight is 473 g/mol. The summed E-state index contributed by atoms with van der Waals surface area (Å²) in [5.41, 5.74) is 3.05. The predicted molar refractivity (Wildman–Crippen MR) is 114 cm³/mol. The van der Waals surface area contributed by atoms with Crippen LogP contribution >= 0.6 is 24.0 Å². The summed E-state index contributed by atoms with van der Waals surface area (Å²) in [5.74, 6) is 0.792. The van der Waals surface area contributed by atoms with Crippen molar-refractivity contribution in [3.8, 4) is 0 Å². The van der Waals surface area contributed by atoms with Crippen LogP contribution in [0.15, 0.2) is 59.6 Å². The lowest BCUT2D eigenvalue weighted by Crippen LogP contribution is -2.36. The second-order valence-corrected chi connectivity index (χ2v) is 7.79. The fourth-order valence-corrected chi connectivity index (χ4v) is 3.04. The van der Waals surface area contributed by atoms with E-state index in [1.54, 1.807) is 7.05 Å². The highest BCUT2D eigenvalue weighted by Crippen LogP contribution is 2.07. The number of sulfone groups is 1. The first kappa shape index (κ1) is 21.4. The molecule has 0 heterocycles. The maximum Gasteiger partial charge on any atom is 0.191 e. The third-order valence-electron chi connectivity index (χ3n) is 3.44. The third kappa shape index (κ3) is 8.35. The zero-order valence-corrected chi connectivity index (χ0v) is 17.5. The monoisotopic (exact) mass is 473 g/mol. The zero-order chi connectivity index (χ0) is 17.4. The lowest BCUT2D eigenvalue weighted by Gasteiger charge is -2.12. The summed E-state index contributed by atoms with van der Waals surface area (Å²) in [5, 5.41) is 6.50. The van der Waals surface area contributed by atoms with Gasteiger partial charge < -0.3 is 10.6 Å². The van der Waals surface area contributed by atoms with Crippen molar-refractivity contribution < 1.29 is 8.42 Å². The zero-order valence-electron chi connectivity index (χ0n) is 14.4. The standard InChI is InChI=1S/C18H23N3O2S.HI/c1-19-18(20-12-15-6-4-3-5-7-15)21-13-16-8-10-17(11-9-16)14-24(2,22)23;/h3-11H,12-14H2,1-2H3,(H2,19,20,21);1H. The van der Waals surface area contributed by atoms with Crippen molar-refractivity contribution in [2.45, 2.75) is 18.8 Å². The first-order valence-corrected chi connectivity index (χ1v) is 9.76. The molecule has 0 fully saturated rings. The molecule has 0 bridgehead atoms. The molecule has 0 saturated heterocycles. The van der Waals surface area contributed by atoms with Crippen LogP contribution in [0, 0.1) is 0 Å². The molecule has 0 unspecified atom stereocenters. The van der Waals surface area contributed by atoms with Crippen LogP contribution in [0.1, 0.15) is 16.7 Å². The molecule has 0 saturated carbocycles. The highest BCUT2D eigenvalue weighted by Gasteiger charge is 2.04. The SMILES string of the molecule is CN=C(NCc1ccccc1)NCc1ccc(CS(C)(=O)=O)cc1.I. The van der Waals surface area contributed by atoms with Gasteiger partial charge in [0.1, 0.15) is 0 Å². The second kappa shape index (κ2) is 10.4. The second-order valence-electron chi connectivity index (χ2n) is 5.65. The van der Waals surface area contributed by atoms with Gasteiger partial charge in [0.2, 0.25) is 0 Å². The largest absolute Gasteiger partial charge is 0.352 e. The minimum atomic E-state index is -3.00. The van der Waals surface area contributed by atoms with Gasteiger partial charge in [0.05, 0.1) is 5.75 Å². The summed E-state index contributed by atoms with van der Waals surface area (Å²) >= 11 is 0. The minimum absolute atomic E-state index is 0. The quantitative estimate of drug-likeness (QED) is 0.385. The molecule has 0 aliphatic heterocycles. The van der Waals surface area contributed by atoms with E-state index in [0.29, 0.717) is 13.1 Å². The number of guanidine groups is 1. The summed E-state index contributed by atoms with van der Waals surface area (Å²) in [6, 6.07) is 17.7. The van der Waals surface area contributed by atoms with Crippen molar-refractivity contribution in [2.75, 3.05) is 13.3 Å². The molecule has 25 heavy (non-hydrogen) atoms. The van der Waals surface area contributed by atoms with Crippen LogP contribution in [0.25, 0.3) is 0 Å². The van der Waals surface area contributed by atoms with Gasteiger partial charge in [-0.25, -0.2) is 8.42 Å². The molecule has 0 atom stereocenters. The molecule has 136 valence electrons. The Kier molecular flexibility index (Phi) is 8.91. The van der Waals surface area contributed by atoms with Gasteiger partial charge in [-0.1, -0.05) is 54.6 Å². The van der Waals surface area contributed by atoms with E-state index in [2.05, 4.69) is 27.8 Å². The van der Waals surface area contributed by atoms with Crippen LogP contribution in [0.3, 0.4) is 0 Å². The Hall–Kier alpha value is -1.61. The highest BCUT2D eigenvalue weighted by atomic mass is 127. The van der Waals surface area contributed by atoms with E-state index >= 15 is 0 Å². The first-order valence-electron chi connectivity index (χ1n) is 7.70. The van der Waals surface area contributed by atoms with Gasteiger partial charge >= 0.3 is 0 Å². The number of aliphatic imine (C=N–C) groups is 1. The van der Waals surface area contributed by atoms with Crippen molar-refractivity contribution >= 4 is 39.8 Å². The minimum Gasteiger partial charge on any atom is -0.352 e. The molecule has 0 aromatic heterocycles. The molecule has 2 rings (SSSR count). The maximum atomic E-state index is 11.3. The van der Waals surface area contributed by atoms with Crippen molar-refractivity contribution in [1.29, 1.82) is 0 Å². The van der Waals surface area contributed by atoms with Gasteiger partial charge in [-0.05, 0) is 16.7 Å². The predicted octanol–water partition coefficient (Wildman–Crippen LogP) is 2.71. The van der Waals surface area contributed by atoms with E-state index in [1.807, 2.05) is 42.5 Å². The summed E-state index contributed by atoms with van der Waals surface area (Å²) in [7, 11) is -1.27. The first-order chi connectivity index (χ1) is 11.5. The van der Waals surface area contributed by atoms with Crippen LogP contribution in [-0.4, -0.2) is 27.7 Å². The molecule has 2 N–H and O–H groups in total. The number of nitrogens with zero attached hydrogens (tertiary/aromatic N) is 1. The fraction of sp³-hybridized carbons (Fsp3) is 0.278. The van der Waals surface area contributed by atoms with Crippen molar-refractivity contribution in [3.05, 3.63) is 71.3 Å². The smallest absolute Gasteiger partial charge is 0.191 e. The number of hydrogen-bond acceptors (Lipinski definition) is 3. The normalized spacial score (nSPS) is 11.5. The van der Waals surface area contributed by atoms with Crippen LogP contribution in [0.4, 0.5) is 0 Å². The van der Waals surface area contributed by atoms with E-state index in [9.17, 15) is 8.42 Å². The molecule has 2 aromatic rings. The summed E-state index contributed by atoms with van der Waals surface area (Å²) < 4.78 is 22.6. The Labute approximate surface area is 166 Å². The van der Waals surface area contributed by atoms with Gasteiger partial charge in [-0.2, -0.15) is 0 Å². The van der Waals surface area contributed by atoms with Gasteiger partial charge in [-0.3, -0.25) is 4.99 Å². The van der Waals surface area contributed by atoms with Gasteiger partial charge in [0, 0.05) is 26.4 Å². The van der Waals surface area contributed by atoms with E-state index < -0.39 is 9.84 Å². The van der Waals surface area contributed by atoms with Crippen molar-refractivity contribution in [2.24, 2.45) is 4.99 Å². The number of benzene rings is 2. The van der Waals surface area contributed by atoms with Crippen LogP contribution in [-0.2, 0) is 28.7 Å². The summed E-state index contributed by atoms with van der Waals surface area (Å²) in [6.07, 6.45) is 1.24. The third-order valence-corrected chi connectivity index (χ3v) is 4.30. The Morgan fingerprint density at radius 1 is 0.880 bits per heavy atom. The Balaban J connectivity index is 0.00000312. The Bertz CT molecular complexity index is 776. The molecule has 0 aliphatic rings. The molecule has 5 nitrogen and oxygen atoms in total. The molecular formula is C18H24IN3O2S. The molecule has 0 spiro atoms. The molecule has 2 aromatic carbocycles. The lowest BCUT2D eigenvalue weighted by molar-refractivity contribution is 0.601. The molecule has 7 heteroatoms. The Morgan fingerprint density at radius 3 is 1.84 bits per heavy atom. The van der Waals surface area contributed by atoms with E-state index in [-0.39, 0.29) is 29.7 Å².